The highest BCUT2D eigenvalue weighted by Gasteiger charge is 1.97. The molecule has 34 heavy (non-hydrogen) atoms. The van der Waals surface area contributed by atoms with Crippen molar-refractivity contribution in [2.24, 2.45) is 0 Å². The Morgan fingerprint density at radius 2 is 0.794 bits per heavy atom. The van der Waals surface area contributed by atoms with Gasteiger partial charge in [0.1, 0.15) is 0 Å². The summed E-state index contributed by atoms with van der Waals surface area (Å²) in [5.74, 6) is -0.657. The average Bonchev–Trinajstić information content (AvgIpc) is 2.83. The molecule has 0 atom stereocenters. The Kier molecular flexibility index (Phi) is 28.1. The third-order valence-corrected chi connectivity index (χ3v) is 6.22. The van der Waals surface area contributed by atoms with Gasteiger partial charge in [-0.3, -0.25) is 4.79 Å². The van der Waals surface area contributed by atoms with Gasteiger partial charge in [0.15, 0.2) is 0 Å². The summed E-state index contributed by atoms with van der Waals surface area (Å²) in [6, 6.07) is 0. The van der Waals surface area contributed by atoms with Crippen LogP contribution in [0, 0.1) is 0 Å². The Balaban J connectivity index is 3.25. The Morgan fingerprint density at radius 3 is 1.18 bits per heavy atom. The van der Waals surface area contributed by atoms with Crippen LogP contribution in [0.1, 0.15) is 148 Å². The molecule has 2 nitrogen and oxygen atoms in total. The molecule has 0 saturated carbocycles. The first kappa shape index (κ1) is 32.4. The molecule has 1 N–H and O–H groups in total. The minimum atomic E-state index is -0.657. The van der Waals surface area contributed by atoms with Gasteiger partial charge in [0.05, 0.1) is 0 Å². The second-order valence-electron chi connectivity index (χ2n) is 9.62. The van der Waals surface area contributed by atoms with Crippen molar-refractivity contribution in [3.63, 3.8) is 0 Å². The fourth-order valence-corrected chi connectivity index (χ4v) is 4.04. The highest BCUT2D eigenvalue weighted by molar-refractivity contribution is 5.66. The third-order valence-electron chi connectivity index (χ3n) is 6.22. The van der Waals surface area contributed by atoms with Crippen LogP contribution in [0.5, 0.6) is 0 Å². The lowest BCUT2D eigenvalue weighted by Gasteiger charge is -2.03. The number of hydrogen-bond acceptors (Lipinski definition) is 1. The molecule has 0 amide bonds. The lowest BCUT2D eigenvalue weighted by molar-refractivity contribution is -0.137. The summed E-state index contributed by atoms with van der Waals surface area (Å²) >= 11 is 0. The largest absolute Gasteiger partial charge is 0.481 e. The van der Waals surface area contributed by atoms with E-state index in [2.05, 4.69) is 55.5 Å². The number of carboxylic acid groups (broad SMARTS) is 1. The van der Waals surface area contributed by atoms with E-state index in [4.69, 9.17) is 5.11 Å². The van der Waals surface area contributed by atoms with Gasteiger partial charge in [0.2, 0.25) is 0 Å². The van der Waals surface area contributed by atoms with Gasteiger partial charge in [-0.2, -0.15) is 0 Å². The van der Waals surface area contributed by atoms with Gasteiger partial charge in [-0.1, -0.05) is 139 Å². The predicted octanol–water partition coefficient (Wildman–Crippen LogP) is 10.9. The van der Waals surface area contributed by atoms with Crippen molar-refractivity contribution in [2.75, 3.05) is 0 Å². The van der Waals surface area contributed by atoms with Gasteiger partial charge in [-0.05, 0) is 51.4 Å². The van der Waals surface area contributed by atoms with Crippen LogP contribution in [0.2, 0.25) is 0 Å². The SMILES string of the molecule is CCCCC/C=C\C/C=C\C/C=C\C/C=C\CCCCCCCCCCCCCCCC(=O)O. The molecule has 0 rings (SSSR count). The van der Waals surface area contributed by atoms with Crippen molar-refractivity contribution in [1.82, 2.24) is 0 Å². The molecule has 0 heterocycles. The quantitative estimate of drug-likeness (QED) is 0.100. The summed E-state index contributed by atoms with van der Waals surface area (Å²) in [5, 5.41) is 8.61. The zero-order valence-corrected chi connectivity index (χ0v) is 22.5. The van der Waals surface area contributed by atoms with E-state index in [-0.39, 0.29) is 0 Å². The molecular formula is C32H56O2. The normalized spacial score (nSPS) is 12.3. The molecule has 0 unspecified atom stereocenters. The van der Waals surface area contributed by atoms with Crippen LogP contribution in [0.25, 0.3) is 0 Å². The Labute approximate surface area is 212 Å². The molecule has 0 bridgehead atoms. The van der Waals surface area contributed by atoms with Crippen LogP contribution in [-0.4, -0.2) is 11.1 Å². The zero-order valence-electron chi connectivity index (χ0n) is 22.5. The maximum absolute atomic E-state index is 10.4. The van der Waals surface area contributed by atoms with Crippen molar-refractivity contribution < 1.29 is 9.90 Å². The van der Waals surface area contributed by atoms with Crippen molar-refractivity contribution in [3.05, 3.63) is 48.6 Å². The molecule has 196 valence electrons. The fourth-order valence-electron chi connectivity index (χ4n) is 4.04. The summed E-state index contributed by atoms with van der Waals surface area (Å²) in [6.45, 7) is 2.25. The molecule has 0 spiro atoms. The summed E-state index contributed by atoms with van der Waals surface area (Å²) < 4.78 is 0. The van der Waals surface area contributed by atoms with E-state index >= 15 is 0 Å². The summed E-state index contributed by atoms with van der Waals surface area (Å²) in [6.07, 6.45) is 45.0. The molecule has 0 aliphatic carbocycles. The second-order valence-corrected chi connectivity index (χ2v) is 9.62. The standard InChI is InChI=1S/C32H56O2/c1-2-3-4-5-6-7-8-9-10-11-12-13-14-15-16-17-18-19-20-21-22-23-24-25-26-27-28-29-30-31-32(33)34/h6-7,9-10,12-13,15-16H,2-5,8,11,14,17-31H2,1H3,(H,33,34)/b7-6-,10-9-,13-12-,16-15-. The van der Waals surface area contributed by atoms with Crippen molar-refractivity contribution >= 4 is 5.97 Å². The van der Waals surface area contributed by atoms with E-state index < -0.39 is 5.97 Å². The predicted molar refractivity (Wildman–Crippen MR) is 151 cm³/mol. The number of allylic oxidation sites excluding steroid dienone is 8. The number of hydrogen-bond donors (Lipinski definition) is 1. The van der Waals surface area contributed by atoms with Gasteiger partial charge in [-0.15, -0.1) is 0 Å². The highest BCUT2D eigenvalue weighted by Crippen LogP contribution is 2.13. The van der Waals surface area contributed by atoms with E-state index in [0.29, 0.717) is 6.42 Å². The van der Waals surface area contributed by atoms with Gasteiger partial charge >= 0.3 is 5.97 Å². The van der Waals surface area contributed by atoms with Gasteiger partial charge in [0.25, 0.3) is 0 Å². The maximum atomic E-state index is 10.4. The lowest BCUT2D eigenvalue weighted by Crippen LogP contribution is -1.93. The van der Waals surface area contributed by atoms with Gasteiger partial charge in [-0.25, -0.2) is 0 Å². The van der Waals surface area contributed by atoms with Crippen LogP contribution in [-0.2, 0) is 4.79 Å². The summed E-state index contributed by atoms with van der Waals surface area (Å²) in [5.41, 5.74) is 0. The number of aliphatic carboxylic acids is 1. The lowest BCUT2D eigenvalue weighted by atomic mass is 10.0. The topological polar surface area (TPSA) is 37.3 Å². The molecule has 0 aliphatic rings. The van der Waals surface area contributed by atoms with Gasteiger partial charge < -0.3 is 5.11 Å². The second kappa shape index (κ2) is 29.5. The minimum Gasteiger partial charge on any atom is -0.481 e. The van der Waals surface area contributed by atoms with E-state index in [1.54, 1.807) is 0 Å². The highest BCUT2D eigenvalue weighted by atomic mass is 16.4. The zero-order chi connectivity index (χ0) is 24.8. The smallest absolute Gasteiger partial charge is 0.303 e. The third kappa shape index (κ3) is 30.4. The molecule has 2 heteroatoms. The first-order chi connectivity index (χ1) is 16.8. The Bertz CT molecular complexity index is 527. The van der Waals surface area contributed by atoms with Crippen LogP contribution < -0.4 is 0 Å². The van der Waals surface area contributed by atoms with Crippen LogP contribution in [0.4, 0.5) is 0 Å². The Hall–Kier alpha value is -1.57. The summed E-state index contributed by atoms with van der Waals surface area (Å²) in [7, 11) is 0. The van der Waals surface area contributed by atoms with E-state index in [9.17, 15) is 4.79 Å². The molecule has 0 saturated heterocycles. The minimum absolute atomic E-state index is 0.337. The van der Waals surface area contributed by atoms with Crippen molar-refractivity contribution in [1.29, 1.82) is 0 Å². The van der Waals surface area contributed by atoms with E-state index in [1.165, 1.54) is 103 Å². The first-order valence-corrected chi connectivity index (χ1v) is 14.6. The molecule has 0 aromatic heterocycles. The number of carbonyl (C=O) groups is 1. The fraction of sp³-hybridized carbons (Fsp3) is 0.719. The Morgan fingerprint density at radius 1 is 0.471 bits per heavy atom. The molecule has 0 radical (unpaired) electrons. The van der Waals surface area contributed by atoms with Gasteiger partial charge in [0, 0.05) is 6.42 Å². The molecular weight excluding hydrogens is 416 g/mol. The van der Waals surface area contributed by atoms with E-state index in [1.807, 2.05) is 0 Å². The average molecular weight is 473 g/mol. The number of unbranched alkanes of at least 4 members (excludes halogenated alkanes) is 16. The van der Waals surface area contributed by atoms with Crippen molar-refractivity contribution in [2.45, 2.75) is 148 Å². The molecule has 0 aliphatic heterocycles. The molecule has 0 aromatic carbocycles. The maximum Gasteiger partial charge on any atom is 0.303 e. The number of carboxylic acids is 1. The van der Waals surface area contributed by atoms with Crippen LogP contribution in [0.15, 0.2) is 48.6 Å². The van der Waals surface area contributed by atoms with E-state index in [0.717, 1.165) is 32.1 Å². The summed E-state index contributed by atoms with van der Waals surface area (Å²) in [4.78, 5) is 10.4. The first-order valence-electron chi connectivity index (χ1n) is 14.6. The number of rotatable bonds is 26. The molecule has 0 fully saturated rings. The van der Waals surface area contributed by atoms with Crippen LogP contribution >= 0.6 is 0 Å². The molecule has 0 aromatic rings. The van der Waals surface area contributed by atoms with Crippen molar-refractivity contribution in [3.8, 4) is 0 Å². The van der Waals surface area contributed by atoms with Crippen LogP contribution in [0.3, 0.4) is 0 Å². The monoisotopic (exact) mass is 472 g/mol.